The first-order valence-corrected chi connectivity index (χ1v) is 9.00. The molecule has 0 aliphatic heterocycles. The Balaban J connectivity index is 6.26. The number of unbranched alkanes of at least 4 members (excludes halogenated alkanes) is 2. The molecule has 2 atom stereocenters. The number of esters is 1. The average Bonchev–Trinajstić information content (AvgIpc) is 2.50. The van der Waals surface area contributed by atoms with E-state index >= 15 is 0 Å². The lowest BCUT2D eigenvalue weighted by Crippen LogP contribution is -2.58. The molecule has 0 radical (unpaired) electrons. The van der Waals surface area contributed by atoms with E-state index < -0.39 is 28.7 Å². The van der Waals surface area contributed by atoms with Gasteiger partial charge in [0.15, 0.2) is 5.41 Å². The second kappa shape index (κ2) is 9.66. The second-order valence-electron chi connectivity index (χ2n) is 7.10. The van der Waals surface area contributed by atoms with E-state index in [4.69, 9.17) is 4.74 Å². The molecule has 5 nitrogen and oxygen atoms in total. The molecule has 0 saturated heterocycles. The maximum atomic E-state index is 12.9. The zero-order chi connectivity index (χ0) is 19.0. The summed E-state index contributed by atoms with van der Waals surface area (Å²) in [5, 5.41) is 20.1. The molecule has 138 valence electrons. The summed E-state index contributed by atoms with van der Waals surface area (Å²) >= 11 is 0. The largest absolute Gasteiger partial charge is 0.481 e. The second-order valence-corrected chi connectivity index (χ2v) is 7.10. The van der Waals surface area contributed by atoms with Crippen LogP contribution in [0.2, 0.25) is 0 Å². The quantitative estimate of drug-likeness (QED) is 0.445. The van der Waals surface area contributed by atoms with Crippen LogP contribution in [0.25, 0.3) is 0 Å². The monoisotopic (exact) mass is 339 g/mol. The van der Waals surface area contributed by atoms with E-state index in [9.17, 15) is 20.0 Å². The number of carbonyl (C=O) groups is 2. The van der Waals surface area contributed by atoms with Gasteiger partial charge in [-0.05, 0) is 24.7 Å². The van der Waals surface area contributed by atoms with Crippen LogP contribution < -0.4 is 0 Å². The van der Waals surface area contributed by atoms with E-state index in [-0.39, 0.29) is 18.9 Å². The summed E-state index contributed by atoms with van der Waals surface area (Å²) in [6.07, 6.45) is 3.28. The lowest BCUT2D eigenvalue weighted by molar-refractivity contribution is -0.183. The smallest absolute Gasteiger partial charge is 0.327 e. The van der Waals surface area contributed by atoms with Crippen LogP contribution in [0.5, 0.6) is 0 Å². The van der Waals surface area contributed by atoms with Crippen molar-refractivity contribution in [1.29, 1.82) is 5.26 Å². The topological polar surface area (TPSA) is 87.4 Å². The Hall–Kier alpha value is -1.57. The lowest BCUT2D eigenvalue weighted by atomic mass is 9.52. The normalized spacial score (nSPS) is 16.3. The van der Waals surface area contributed by atoms with Crippen molar-refractivity contribution >= 4 is 11.9 Å². The molecule has 0 aliphatic carbocycles. The minimum absolute atomic E-state index is 0.215. The Morgan fingerprint density at radius 2 is 1.62 bits per heavy atom. The Kier molecular flexibility index (Phi) is 9.03. The molecule has 0 aromatic heterocycles. The number of rotatable bonds is 11. The van der Waals surface area contributed by atoms with Gasteiger partial charge >= 0.3 is 11.9 Å². The van der Waals surface area contributed by atoms with Crippen molar-refractivity contribution in [2.45, 2.75) is 73.6 Å². The number of nitriles is 1. The molecule has 0 bridgehead atoms. The highest BCUT2D eigenvalue weighted by Gasteiger charge is 2.65. The zero-order valence-electron chi connectivity index (χ0n) is 16.0. The van der Waals surface area contributed by atoms with Crippen molar-refractivity contribution in [3.8, 4) is 6.07 Å². The molecule has 0 saturated carbocycles. The number of carboxylic acid groups (broad SMARTS) is 1. The van der Waals surface area contributed by atoms with E-state index in [1.807, 2.05) is 13.8 Å². The van der Waals surface area contributed by atoms with Crippen LogP contribution in [0.15, 0.2) is 0 Å². The molecule has 0 rings (SSSR count). The minimum atomic E-state index is -1.70. The van der Waals surface area contributed by atoms with Gasteiger partial charge in [-0.2, -0.15) is 5.26 Å². The Morgan fingerprint density at radius 3 is 1.96 bits per heavy atom. The third kappa shape index (κ3) is 3.91. The number of aliphatic carboxylic acids is 1. The maximum absolute atomic E-state index is 12.9. The zero-order valence-corrected chi connectivity index (χ0v) is 16.0. The molecule has 0 aromatic carbocycles. The minimum Gasteiger partial charge on any atom is -0.481 e. The van der Waals surface area contributed by atoms with Gasteiger partial charge in [0.1, 0.15) is 0 Å². The van der Waals surface area contributed by atoms with Gasteiger partial charge in [-0.25, -0.2) is 0 Å². The van der Waals surface area contributed by atoms with Gasteiger partial charge in [0.05, 0.1) is 18.1 Å². The van der Waals surface area contributed by atoms with E-state index in [2.05, 4.69) is 6.07 Å². The fourth-order valence-electron chi connectivity index (χ4n) is 3.55. The molecule has 0 heterocycles. The molecule has 1 N–H and O–H groups in total. The average molecular weight is 339 g/mol. The SMILES string of the molecule is CCCCOC(=O)C(C#N)(C(C)C)C(CCCC)(C(=O)O)C(C)C. The summed E-state index contributed by atoms with van der Waals surface area (Å²) in [6.45, 7) is 11.2. The van der Waals surface area contributed by atoms with Gasteiger partial charge in [-0.15, -0.1) is 0 Å². The van der Waals surface area contributed by atoms with Gasteiger partial charge in [-0.1, -0.05) is 60.8 Å². The van der Waals surface area contributed by atoms with Gasteiger partial charge in [-0.3, -0.25) is 9.59 Å². The first-order chi connectivity index (χ1) is 11.2. The van der Waals surface area contributed by atoms with E-state index in [0.717, 1.165) is 12.8 Å². The molecule has 0 amide bonds. The molecular formula is C19H33NO4. The third-order valence-corrected chi connectivity index (χ3v) is 5.09. The maximum Gasteiger partial charge on any atom is 0.327 e. The number of carbonyl (C=O) groups excluding carboxylic acids is 1. The highest BCUT2D eigenvalue weighted by atomic mass is 16.5. The number of nitrogens with zero attached hydrogens (tertiary/aromatic N) is 1. The standard InChI is InChI=1S/C19H33NO4/c1-7-9-11-18(14(3)4,16(21)22)19(13-20,15(5)6)17(23)24-12-10-8-2/h14-15H,7-12H2,1-6H3,(H,21,22). The summed E-state index contributed by atoms with van der Waals surface area (Å²) in [7, 11) is 0. The van der Waals surface area contributed by atoms with Crippen molar-refractivity contribution < 1.29 is 19.4 Å². The summed E-state index contributed by atoms with van der Waals surface area (Å²) in [4.78, 5) is 25.3. The van der Waals surface area contributed by atoms with Crippen LogP contribution in [0.1, 0.15) is 73.6 Å². The van der Waals surface area contributed by atoms with Crippen molar-refractivity contribution in [2.24, 2.45) is 22.7 Å². The predicted octanol–water partition coefficient (Wildman–Crippen LogP) is 4.41. The summed E-state index contributed by atoms with van der Waals surface area (Å²) in [6, 6.07) is 2.10. The number of hydrogen-bond donors (Lipinski definition) is 1. The summed E-state index contributed by atoms with van der Waals surface area (Å²) < 4.78 is 5.36. The van der Waals surface area contributed by atoms with Crippen LogP contribution in [-0.4, -0.2) is 23.7 Å². The molecule has 0 fully saturated rings. The number of hydrogen-bond acceptors (Lipinski definition) is 4. The number of carboxylic acids is 1. The van der Waals surface area contributed by atoms with Crippen LogP contribution >= 0.6 is 0 Å². The first kappa shape index (κ1) is 22.4. The van der Waals surface area contributed by atoms with Gasteiger partial charge in [0.25, 0.3) is 0 Å². The molecular weight excluding hydrogens is 306 g/mol. The first-order valence-electron chi connectivity index (χ1n) is 9.00. The summed E-state index contributed by atoms with van der Waals surface area (Å²) in [5.74, 6) is -2.62. The molecule has 24 heavy (non-hydrogen) atoms. The van der Waals surface area contributed by atoms with Gasteiger partial charge in [0, 0.05) is 0 Å². The summed E-state index contributed by atoms with van der Waals surface area (Å²) in [5.41, 5.74) is -3.16. The fourth-order valence-corrected chi connectivity index (χ4v) is 3.55. The molecule has 0 aromatic rings. The van der Waals surface area contributed by atoms with Crippen LogP contribution in [0.4, 0.5) is 0 Å². The highest BCUT2D eigenvalue weighted by molar-refractivity contribution is 5.90. The van der Waals surface area contributed by atoms with E-state index in [1.54, 1.807) is 27.7 Å². The van der Waals surface area contributed by atoms with Crippen LogP contribution in [-0.2, 0) is 14.3 Å². The van der Waals surface area contributed by atoms with Crippen molar-refractivity contribution in [3.63, 3.8) is 0 Å². The highest BCUT2D eigenvalue weighted by Crippen LogP contribution is 2.54. The van der Waals surface area contributed by atoms with E-state index in [0.29, 0.717) is 12.8 Å². The van der Waals surface area contributed by atoms with Gasteiger partial charge in [0.2, 0.25) is 0 Å². The molecule has 0 spiro atoms. The van der Waals surface area contributed by atoms with Crippen molar-refractivity contribution in [1.82, 2.24) is 0 Å². The molecule has 2 unspecified atom stereocenters. The van der Waals surface area contributed by atoms with Crippen LogP contribution in [0, 0.1) is 34.0 Å². The van der Waals surface area contributed by atoms with Gasteiger partial charge < -0.3 is 9.84 Å². The predicted molar refractivity (Wildman–Crippen MR) is 93.2 cm³/mol. The number of ether oxygens (including phenoxy) is 1. The van der Waals surface area contributed by atoms with Crippen molar-refractivity contribution in [2.75, 3.05) is 6.61 Å². The Labute approximate surface area is 146 Å². The van der Waals surface area contributed by atoms with Crippen molar-refractivity contribution in [3.05, 3.63) is 0 Å². The lowest BCUT2D eigenvalue weighted by Gasteiger charge is -2.46. The van der Waals surface area contributed by atoms with Crippen LogP contribution in [0.3, 0.4) is 0 Å². The Morgan fingerprint density at radius 1 is 1.08 bits per heavy atom. The third-order valence-electron chi connectivity index (χ3n) is 5.09. The van der Waals surface area contributed by atoms with E-state index in [1.165, 1.54) is 0 Å². The molecule has 0 aliphatic rings. The Bertz CT molecular complexity index is 466. The fraction of sp³-hybridized carbons (Fsp3) is 0.842. The molecule has 5 heteroatoms.